The molecule has 0 heterocycles. The number of hydrogen-bond acceptors (Lipinski definition) is 4. The molecule has 2 rings (SSSR count). The summed E-state index contributed by atoms with van der Waals surface area (Å²) in [6.07, 6.45) is 0.825. The molecule has 2 aromatic rings. The standard InChI is InChI=1S/C22H25Cl2F2N3O4S/c1-13(2)27-22(31)14(3)28(11-16-17(23)6-5-7-18(16)24)21(30)12-29(34(4,32)33)15-8-9-19(25)20(26)10-15/h5-10,13-14H,11-12H2,1-4H3,(H,27,31). The quantitative estimate of drug-likeness (QED) is 0.526. The van der Waals surface area contributed by atoms with Gasteiger partial charge < -0.3 is 10.2 Å². The van der Waals surface area contributed by atoms with Gasteiger partial charge in [0.05, 0.1) is 11.9 Å². The highest BCUT2D eigenvalue weighted by molar-refractivity contribution is 7.92. The first-order valence-electron chi connectivity index (χ1n) is 10.2. The van der Waals surface area contributed by atoms with E-state index in [-0.39, 0.29) is 28.3 Å². The Morgan fingerprint density at radius 3 is 2.12 bits per heavy atom. The fourth-order valence-corrected chi connectivity index (χ4v) is 4.45. The third-order valence-corrected chi connectivity index (χ3v) is 6.71. The zero-order valence-electron chi connectivity index (χ0n) is 19.0. The Balaban J connectivity index is 2.47. The molecule has 7 nitrogen and oxygen atoms in total. The van der Waals surface area contributed by atoms with Crippen LogP contribution in [0.2, 0.25) is 10.0 Å². The molecule has 2 aromatic carbocycles. The SMILES string of the molecule is CC(C)NC(=O)C(C)N(Cc1c(Cl)cccc1Cl)C(=O)CN(c1ccc(F)c(F)c1)S(C)(=O)=O. The minimum absolute atomic E-state index is 0.195. The van der Waals surface area contributed by atoms with Crippen LogP contribution in [-0.2, 0) is 26.2 Å². The summed E-state index contributed by atoms with van der Waals surface area (Å²) in [4.78, 5) is 27.2. The number of halogens is 4. The fraction of sp³-hybridized carbons (Fsp3) is 0.364. The third-order valence-electron chi connectivity index (χ3n) is 4.86. The van der Waals surface area contributed by atoms with Gasteiger partial charge in [-0.15, -0.1) is 0 Å². The molecule has 0 fully saturated rings. The molecule has 2 amide bonds. The largest absolute Gasteiger partial charge is 0.352 e. The maximum Gasteiger partial charge on any atom is 0.244 e. The summed E-state index contributed by atoms with van der Waals surface area (Å²) in [5.74, 6) is -3.71. The van der Waals surface area contributed by atoms with Crippen molar-refractivity contribution in [3.63, 3.8) is 0 Å². The Labute approximate surface area is 207 Å². The van der Waals surface area contributed by atoms with Gasteiger partial charge >= 0.3 is 0 Å². The molecule has 0 radical (unpaired) electrons. The van der Waals surface area contributed by atoms with Gasteiger partial charge in [0.25, 0.3) is 0 Å². The number of sulfonamides is 1. The average molecular weight is 536 g/mol. The number of rotatable bonds is 9. The Morgan fingerprint density at radius 1 is 1.03 bits per heavy atom. The second-order valence-corrected chi connectivity index (χ2v) is 10.7. The van der Waals surface area contributed by atoms with Crippen molar-refractivity contribution in [3.05, 3.63) is 63.6 Å². The maximum atomic E-state index is 13.8. The summed E-state index contributed by atoms with van der Waals surface area (Å²) in [7, 11) is -4.09. The molecule has 1 unspecified atom stereocenters. The lowest BCUT2D eigenvalue weighted by atomic mass is 10.1. The van der Waals surface area contributed by atoms with Gasteiger partial charge in [-0.1, -0.05) is 29.3 Å². The number of nitrogens with one attached hydrogen (secondary N) is 1. The molecular formula is C22H25Cl2F2N3O4S. The van der Waals surface area contributed by atoms with Crippen LogP contribution in [0.5, 0.6) is 0 Å². The van der Waals surface area contributed by atoms with Crippen molar-refractivity contribution >= 4 is 50.7 Å². The van der Waals surface area contributed by atoms with Crippen molar-refractivity contribution in [1.29, 1.82) is 0 Å². The van der Waals surface area contributed by atoms with Crippen molar-refractivity contribution in [3.8, 4) is 0 Å². The number of carbonyl (C=O) groups excluding carboxylic acids is 2. The highest BCUT2D eigenvalue weighted by atomic mass is 35.5. The summed E-state index contributed by atoms with van der Waals surface area (Å²) in [5, 5.41) is 3.20. The molecule has 0 spiro atoms. The Hall–Kier alpha value is -2.43. The second kappa shape index (κ2) is 11.3. The summed E-state index contributed by atoms with van der Waals surface area (Å²) < 4.78 is 52.6. The monoisotopic (exact) mass is 535 g/mol. The topological polar surface area (TPSA) is 86.8 Å². The molecule has 34 heavy (non-hydrogen) atoms. The van der Waals surface area contributed by atoms with Gasteiger partial charge in [0.1, 0.15) is 12.6 Å². The van der Waals surface area contributed by atoms with Gasteiger partial charge in [0.15, 0.2) is 11.6 Å². The van der Waals surface area contributed by atoms with E-state index in [0.717, 1.165) is 23.3 Å². The van der Waals surface area contributed by atoms with Crippen LogP contribution in [0.4, 0.5) is 14.5 Å². The number of anilines is 1. The molecule has 0 aromatic heterocycles. The molecule has 0 aliphatic carbocycles. The van der Waals surface area contributed by atoms with Crippen LogP contribution in [0.25, 0.3) is 0 Å². The normalized spacial score (nSPS) is 12.4. The third kappa shape index (κ3) is 7.04. The summed E-state index contributed by atoms with van der Waals surface area (Å²) in [5.41, 5.74) is 0.117. The minimum atomic E-state index is -4.09. The Bertz CT molecular complexity index is 1160. The first-order valence-corrected chi connectivity index (χ1v) is 12.8. The van der Waals surface area contributed by atoms with Crippen LogP contribution >= 0.6 is 23.2 Å². The van der Waals surface area contributed by atoms with Crippen LogP contribution < -0.4 is 9.62 Å². The molecule has 1 N–H and O–H groups in total. The summed E-state index contributed by atoms with van der Waals surface area (Å²) >= 11 is 12.5. The van der Waals surface area contributed by atoms with E-state index in [2.05, 4.69) is 5.32 Å². The maximum absolute atomic E-state index is 13.8. The van der Waals surface area contributed by atoms with E-state index < -0.39 is 46.1 Å². The van der Waals surface area contributed by atoms with Gasteiger partial charge in [-0.05, 0) is 45.0 Å². The lowest BCUT2D eigenvalue weighted by Crippen LogP contribution is -2.52. The van der Waals surface area contributed by atoms with Crippen LogP contribution in [0.3, 0.4) is 0 Å². The minimum Gasteiger partial charge on any atom is -0.352 e. The van der Waals surface area contributed by atoms with Gasteiger partial charge in [0.2, 0.25) is 21.8 Å². The van der Waals surface area contributed by atoms with Gasteiger partial charge in [-0.3, -0.25) is 13.9 Å². The predicted molar refractivity (Wildman–Crippen MR) is 128 cm³/mol. The highest BCUT2D eigenvalue weighted by Crippen LogP contribution is 2.27. The first-order chi connectivity index (χ1) is 15.7. The van der Waals surface area contributed by atoms with Gasteiger partial charge in [-0.25, -0.2) is 17.2 Å². The number of benzene rings is 2. The van der Waals surface area contributed by atoms with Crippen LogP contribution in [0.15, 0.2) is 36.4 Å². The smallest absolute Gasteiger partial charge is 0.244 e. The van der Waals surface area contributed by atoms with Crippen molar-refractivity contribution < 1.29 is 26.8 Å². The molecular weight excluding hydrogens is 511 g/mol. The molecule has 0 saturated heterocycles. The lowest BCUT2D eigenvalue weighted by Gasteiger charge is -2.32. The van der Waals surface area contributed by atoms with Crippen LogP contribution in [0.1, 0.15) is 26.3 Å². The zero-order chi connectivity index (χ0) is 25.8. The van der Waals surface area contributed by atoms with Gasteiger partial charge in [0, 0.05) is 34.3 Å². The molecule has 186 valence electrons. The molecule has 1 atom stereocenters. The summed E-state index contributed by atoms with van der Waals surface area (Å²) in [6, 6.07) is 5.96. The molecule has 0 bridgehead atoms. The first kappa shape index (κ1) is 27.8. The van der Waals surface area contributed by atoms with Crippen LogP contribution in [0, 0.1) is 11.6 Å². The van der Waals surface area contributed by atoms with E-state index in [1.165, 1.54) is 6.92 Å². The number of carbonyl (C=O) groups is 2. The molecule has 0 aliphatic rings. The van der Waals surface area contributed by atoms with Crippen molar-refractivity contribution in [2.24, 2.45) is 0 Å². The second-order valence-electron chi connectivity index (χ2n) is 7.93. The molecule has 0 aliphatic heterocycles. The molecule has 12 heteroatoms. The van der Waals surface area contributed by atoms with E-state index in [9.17, 15) is 26.8 Å². The molecule has 0 saturated carbocycles. The highest BCUT2D eigenvalue weighted by Gasteiger charge is 2.31. The van der Waals surface area contributed by atoms with E-state index in [4.69, 9.17) is 23.2 Å². The summed E-state index contributed by atoms with van der Waals surface area (Å²) in [6.45, 7) is 4.00. The number of amides is 2. The van der Waals surface area contributed by atoms with Crippen molar-refractivity contribution in [2.75, 3.05) is 17.1 Å². The number of nitrogens with zero attached hydrogens (tertiary/aromatic N) is 2. The predicted octanol–water partition coefficient (Wildman–Crippen LogP) is 3.98. The van der Waals surface area contributed by atoms with E-state index in [0.29, 0.717) is 15.9 Å². The van der Waals surface area contributed by atoms with E-state index in [1.807, 2.05) is 0 Å². The van der Waals surface area contributed by atoms with Crippen molar-refractivity contribution in [2.45, 2.75) is 39.4 Å². The average Bonchev–Trinajstić information content (AvgIpc) is 2.72. The Kier molecular flexibility index (Phi) is 9.27. The van der Waals surface area contributed by atoms with Crippen LogP contribution in [-0.4, -0.2) is 50.0 Å². The lowest BCUT2D eigenvalue weighted by molar-refractivity contribution is -0.139. The van der Waals surface area contributed by atoms with Gasteiger partial charge in [-0.2, -0.15) is 0 Å². The van der Waals surface area contributed by atoms with E-state index in [1.54, 1.807) is 32.0 Å². The van der Waals surface area contributed by atoms with Crippen molar-refractivity contribution in [1.82, 2.24) is 10.2 Å². The number of hydrogen-bond donors (Lipinski definition) is 1. The zero-order valence-corrected chi connectivity index (χ0v) is 21.3. The Morgan fingerprint density at radius 2 is 1.62 bits per heavy atom. The fourth-order valence-electron chi connectivity index (χ4n) is 3.10. The van der Waals surface area contributed by atoms with E-state index >= 15 is 0 Å².